The quantitative estimate of drug-likeness (QED) is 0.104. The van der Waals surface area contributed by atoms with Crippen LogP contribution in [0, 0.1) is 23.3 Å². The third kappa shape index (κ3) is 8.84. The standard InChI is InChI=1S/C66H61F4N13O4/c1-80(34-39-31-74-58-40(39)14-5-25-71-58)59-45-32-72-54(43-12-2-9-38-10-3-15-47(67)50(38)43)52(69)56(45)75-61(77-59)86-37-66-21-8-28-83(66)49(18-22-66)41-16-17-48(68)51-42(41)11-4-13-44(51)55-53(70)57-46(33-73-55)60(81-29-23-64(24-30-81)35-87-63(84)79-64)78-62(76-57)85-36-65-19-6-26-82(65)27-7-20-65/h2-5,9-17,25,31-33,49H,6-8,18-24,26-30,34-37H2,1H3,(H,71,74)(H,79,84). The number of cyclic esters (lactones) is 1. The molecule has 4 aromatic carbocycles. The van der Waals surface area contributed by atoms with E-state index in [4.69, 9.17) is 39.1 Å². The van der Waals surface area contributed by atoms with Gasteiger partial charge in [-0.2, -0.15) is 19.9 Å². The number of rotatable bonds is 13. The minimum absolute atomic E-state index is 0.0229. The average molecular weight is 1180 g/mol. The van der Waals surface area contributed by atoms with Crippen LogP contribution >= 0.6 is 0 Å². The number of H-pyrrole nitrogens is 1. The highest BCUT2D eigenvalue weighted by atomic mass is 19.1. The van der Waals surface area contributed by atoms with Crippen LogP contribution in [0.25, 0.3) is 76.9 Å². The number of alkyl carbamates (subject to hydrolysis) is 1. The van der Waals surface area contributed by atoms with Gasteiger partial charge in [0, 0.05) is 84.8 Å². The third-order valence-electron chi connectivity index (χ3n) is 19.9. The topological polar surface area (TPSA) is 176 Å². The fraction of sp³-hybridized carbons (Fsp3) is 0.364. The smallest absolute Gasteiger partial charge is 0.407 e. The first-order chi connectivity index (χ1) is 42.4. The number of piperidine rings is 1. The molecule has 10 aromatic rings. The summed E-state index contributed by atoms with van der Waals surface area (Å²) in [6, 6.07) is 22.4. The van der Waals surface area contributed by atoms with Crippen molar-refractivity contribution in [3.05, 3.63) is 138 Å². The number of nitrogens with zero attached hydrogens (tertiary/aromatic N) is 11. The number of hydrogen-bond donors (Lipinski definition) is 2. The van der Waals surface area contributed by atoms with Gasteiger partial charge in [0.15, 0.2) is 11.6 Å². The first kappa shape index (κ1) is 53.6. The van der Waals surface area contributed by atoms with E-state index in [1.807, 2.05) is 48.5 Å². The Kier molecular flexibility index (Phi) is 12.7. The van der Waals surface area contributed by atoms with Crippen molar-refractivity contribution in [1.29, 1.82) is 0 Å². The molecule has 6 aromatic heterocycles. The van der Waals surface area contributed by atoms with Crippen LogP contribution in [0.5, 0.6) is 12.0 Å². The molecule has 17 nitrogen and oxygen atoms in total. The van der Waals surface area contributed by atoms with Gasteiger partial charge in [0.05, 0.1) is 27.4 Å². The maximum absolute atomic E-state index is 17.8. The second-order valence-electron chi connectivity index (χ2n) is 24.6. The van der Waals surface area contributed by atoms with E-state index in [1.54, 1.807) is 55.0 Å². The number of amides is 1. The molecule has 1 amide bonds. The number of nitrogens with one attached hydrogen (secondary N) is 2. The number of carbonyl (C=O) groups excluding carboxylic acids is 1. The van der Waals surface area contributed by atoms with E-state index in [9.17, 15) is 4.79 Å². The van der Waals surface area contributed by atoms with Crippen molar-refractivity contribution in [2.75, 3.05) is 69.4 Å². The SMILES string of the molecule is CN(Cc1c[nH]c2ncccc12)c1nc(OCC23CCCN2C(c2ccc(F)c4c(-c5ncc6c(N7CCC8(CC7)COC(=O)N8)nc(OCC78CCCN7CCC8)nc6c5F)cccc24)CC3)nc2c(F)c(-c3cccc4cccc(F)c34)ncc12. The normalized spacial score (nSPS) is 20.8. The number of anilines is 2. The number of hydrogen-bond acceptors (Lipinski definition) is 15. The van der Waals surface area contributed by atoms with E-state index < -0.39 is 40.4 Å². The van der Waals surface area contributed by atoms with Crippen molar-refractivity contribution in [3.8, 4) is 34.5 Å². The molecule has 442 valence electrons. The summed E-state index contributed by atoms with van der Waals surface area (Å²) in [7, 11) is 1.87. The molecule has 21 heteroatoms. The molecule has 0 aliphatic carbocycles. The number of ether oxygens (including phenoxy) is 3. The predicted molar refractivity (Wildman–Crippen MR) is 322 cm³/mol. The Labute approximate surface area is 497 Å². The first-order valence-corrected chi connectivity index (χ1v) is 30.2. The van der Waals surface area contributed by atoms with Crippen molar-refractivity contribution in [2.24, 2.45) is 0 Å². The molecule has 1 spiro atoms. The molecule has 0 radical (unpaired) electrons. The van der Waals surface area contributed by atoms with Crippen LogP contribution < -0.4 is 24.6 Å². The lowest BCUT2D eigenvalue weighted by atomic mass is 9.89. The molecule has 2 atom stereocenters. The Bertz CT molecular complexity index is 4430. The number of halogens is 4. The van der Waals surface area contributed by atoms with Crippen molar-refractivity contribution in [1.82, 2.24) is 55.0 Å². The number of benzene rings is 4. The summed E-state index contributed by atoms with van der Waals surface area (Å²) in [5.74, 6) is -1.58. The molecule has 6 saturated heterocycles. The Morgan fingerprint density at radius 2 is 1.33 bits per heavy atom. The van der Waals surface area contributed by atoms with E-state index in [-0.39, 0.29) is 75.6 Å². The summed E-state index contributed by atoms with van der Waals surface area (Å²) in [4.78, 5) is 57.7. The van der Waals surface area contributed by atoms with Gasteiger partial charge < -0.3 is 34.3 Å². The van der Waals surface area contributed by atoms with Gasteiger partial charge in [0.2, 0.25) is 0 Å². The minimum atomic E-state index is -0.736. The van der Waals surface area contributed by atoms with Crippen LogP contribution in [0.2, 0.25) is 0 Å². The second kappa shape index (κ2) is 20.7. The van der Waals surface area contributed by atoms with Gasteiger partial charge in [-0.3, -0.25) is 19.8 Å². The largest absolute Gasteiger partial charge is 0.461 e. The zero-order valence-corrected chi connectivity index (χ0v) is 47.9. The molecule has 6 fully saturated rings. The summed E-state index contributed by atoms with van der Waals surface area (Å²) in [6.45, 7) is 4.99. The van der Waals surface area contributed by atoms with E-state index in [1.165, 1.54) is 12.1 Å². The minimum Gasteiger partial charge on any atom is -0.461 e. The summed E-state index contributed by atoms with van der Waals surface area (Å²) < 4.78 is 86.2. The van der Waals surface area contributed by atoms with Crippen LogP contribution in [0.3, 0.4) is 0 Å². The summed E-state index contributed by atoms with van der Waals surface area (Å²) in [5.41, 5.74) is 1.98. The Hall–Kier alpha value is -8.82. The Balaban J connectivity index is 0.727. The molecule has 2 N–H and O–H groups in total. The average Bonchev–Trinajstić information content (AvgIpc) is 1.98. The van der Waals surface area contributed by atoms with E-state index in [2.05, 4.69) is 35.0 Å². The molecule has 0 bridgehead atoms. The molecule has 16 rings (SSSR count). The van der Waals surface area contributed by atoms with E-state index >= 15 is 17.6 Å². The number of aromatic nitrogens is 8. The summed E-state index contributed by atoms with van der Waals surface area (Å²) in [5, 5.41) is 6.43. The summed E-state index contributed by atoms with van der Waals surface area (Å²) in [6.07, 6.45) is 14.8. The Morgan fingerprint density at radius 3 is 2.10 bits per heavy atom. The Morgan fingerprint density at radius 1 is 0.667 bits per heavy atom. The lowest BCUT2D eigenvalue weighted by molar-refractivity contribution is 0.0849. The molecule has 6 aliphatic heterocycles. The summed E-state index contributed by atoms with van der Waals surface area (Å²) >= 11 is 0. The lowest BCUT2D eigenvalue weighted by Gasteiger charge is -2.38. The molecular weight excluding hydrogens is 1110 g/mol. The monoisotopic (exact) mass is 1180 g/mol. The third-order valence-corrected chi connectivity index (χ3v) is 19.9. The fourth-order valence-corrected chi connectivity index (χ4v) is 15.5. The maximum Gasteiger partial charge on any atom is 0.407 e. The van der Waals surface area contributed by atoms with Gasteiger partial charge in [0.1, 0.15) is 71.2 Å². The highest BCUT2D eigenvalue weighted by Gasteiger charge is 2.51. The molecule has 0 saturated carbocycles. The van der Waals surface area contributed by atoms with Crippen LogP contribution in [0.1, 0.15) is 81.4 Å². The van der Waals surface area contributed by atoms with E-state index in [0.717, 1.165) is 86.7 Å². The molecule has 6 aliphatic rings. The van der Waals surface area contributed by atoms with Gasteiger partial charge in [-0.05, 0) is 130 Å². The number of carbonyl (C=O) groups is 1. The number of fused-ring (bicyclic) bond motifs is 7. The highest BCUT2D eigenvalue weighted by Crippen LogP contribution is 2.51. The van der Waals surface area contributed by atoms with Crippen LogP contribution in [0.4, 0.5) is 34.0 Å². The maximum atomic E-state index is 17.8. The molecule has 2 unspecified atom stereocenters. The van der Waals surface area contributed by atoms with Gasteiger partial charge in [0.25, 0.3) is 0 Å². The van der Waals surface area contributed by atoms with Gasteiger partial charge in [-0.25, -0.2) is 27.3 Å². The molecular formula is C66H61F4N13O4. The van der Waals surface area contributed by atoms with Crippen molar-refractivity contribution < 1.29 is 36.6 Å². The molecule has 12 heterocycles. The van der Waals surface area contributed by atoms with Crippen LogP contribution in [0.15, 0.2) is 104 Å². The van der Waals surface area contributed by atoms with Gasteiger partial charge in [-0.1, -0.05) is 54.6 Å². The van der Waals surface area contributed by atoms with Crippen molar-refractivity contribution in [2.45, 2.75) is 93.4 Å². The van der Waals surface area contributed by atoms with Crippen molar-refractivity contribution in [3.63, 3.8) is 0 Å². The van der Waals surface area contributed by atoms with Gasteiger partial charge >= 0.3 is 18.1 Å². The van der Waals surface area contributed by atoms with Crippen molar-refractivity contribution >= 4 is 72.1 Å². The predicted octanol–water partition coefficient (Wildman–Crippen LogP) is 11.9. The van der Waals surface area contributed by atoms with Crippen LogP contribution in [-0.4, -0.2) is 132 Å². The number of pyridine rings is 3. The first-order valence-electron chi connectivity index (χ1n) is 30.2. The lowest BCUT2D eigenvalue weighted by Crippen LogP contribution is -2.52. The van der Waals surface area contributed by atoms with E-state index in [0.29, 0.717) is 84.2 Å². The second-order valence-corrected chi connectivity index (χ2v) is 24.6. The zero-order valence-electron chi connectivity index (χ0n) is 47.9. The highest BCUT2D eigenvalue weighted by molar-refractivity contribution is 6.02. The number of aromatic amines is 1. The fourth-order valence-electron chi connectivity index (χ4n) is 15.5. The van der Waals surface area contributed by atoms with Crippen LogP contribution in [-0.2, 0) is 11.3 Å². The molecule has 87 heavy (non-hydrogen) atoms. The van der Waals surface area contributed by atoms with Gasteiger partial charge in [-0.15, -0.1) is 0 Å². The zero-order chi connectivity index (χ0) is 58.8.